The lowest BCUT2D eigenvalue weighted by Crippen LogP contribution is -2.26. The number of benzene rings is 1. The third kappa shape index (κ3) is 3.42. The summed E-state index contributed by atoms with van der Waals surface area (Å²) >= 11 is 5.17. The molecule has 1 heterocycles. The predicted molar refractivity (Wildman–Crippen MR) is 79.8 cm³/mol. The Morgan fingerprint density at radius 2 is 2.22 bits per heavy atom. The minimum absolute atomic E-state index is 0.0300. The molecule has 0 aliphatic heterocycles. The van der Waals surface area contributed by atoms with E-state index in [4.69, 9.17) is 0 Å². The van der Waals surface area contributed by atoms with Gasteiger partial charge in [-0.05, 0) is 47.1 Å². The molecule has 1 N–H and O–H groups in total. The summed E-state index contributed by atoms with van der Waals surface area (Å²) in [6, 6.07) is 10.3. The van der Waals surface area contributed by atoms with Crippen LogP contribution in [0.15, 0.2) is 45.6 Å². The van der Waals surface area contributed by atoms with Crippen molar-refractivity contribution in [2.24, 2.45) is 0 Å². The predicted octanol–water partition coefficient (Wildman–Crippen LogP) is 3.68. The topological polar surface area (TPSA) is 23.5 Å². The first kappa shape index (κ1) is 13.7. The summed E-state index contributed by atoms with van der Waals surface area (Å²) in [5.41, 5.74) is 2.42. The SMILES string of the molecule is CN(Cc1ccsc1)C(CO)c1cccc(Br)c1. The molecular formula is C14H16BrNOS. The van der Waals surface area contributed by atoms with E-state index < -0.39 is 0 Å². The molecule has 0 spiro atoms. The monoisotopic (exact) mass is 325 g/mol. The normalized spacial score (nSPS) is 12.9. The molecule has 0 aliphatic carbocycles. The van der Waals surface area contributed by atoms with Gasteiger partial charge in [0.05, 0.1) is 12.6 Å². The van der Waals surface area contributed by atoms with Gasteiger partial charge >= 0.3 is 0 Å². The highest BCUT2D eigenvalue weighted by atomic mass is 79.9. The molecule has 1 unspecified atom stereocenters. The average Bonchev–Trinajstić information content (AvgIpc) is 2.83. The minimum Gasteiger partial charge on any atom is -0.394 e. The molecule has 0 aliphatic rings. The van der Waals surface area contributed by atoms with Gasteiger partial charge in [0.1, 0.15) is 0 Å². The van der Waals surface area contributed by atoms with Gasteiger partial charge in [-0.2, -0.15) is 11.3 Å². The van der Waals surface area contributed by atoms with Crippen LogP contribution < -0.4 is 0 Å². The van der Waals surface area contributed by atoms with E-state index >= 15 is 0 Å². The zero-order chi connectivity index (χ0) is 13.0. The van der Waals surface area contributed by atoms with Gasteiger partial charge in [-0.1, -0.05) is 28.1 Å². The van der Waals surface area contributed by atoms with E-state index in [1.54, 1.807) is 11.3 Å². The molecule has 2 nitrogen and oxygen atoms in total. The molecule has 4 heteroatoms. The first-order valence-electron chi connectivity index (χ1n) is 5.78. The van der Waals surface area contributed by atoms with Gasteiger partial charge in [-0.25, -0.2) is 0 Å². The summed E-state index contributed by atoms with van der Waals surface area (Å²) in [6.07, 6.45) is 0. The molecule has 0 fully saturated rings. The number of hydrogen-bond donors (Lipinski definition) is 1. The van der Waals surface area contributed by atoms with Gasteiger partial charge < -0.3 is 5.11 Å². The number of likely N-dealkylation sites (N-methyl/N-ethyl adjacent to an activating group) is 1. The van der Waals surface area contributed by atoms with Gasteiger partial charge in [0.15, 0.2) is 0 Å². The molecule has 1 aromatic carbocycles. The number of aliphatic hydroxyl groups is 1. The van der Waals surface area contributed by atoms with Crippen molar-refractivity contribution < 1.29 is 5.11 Å². The quantitative estimate of drug-likeness (QED) is 0.906. The highest BCUT2D eigenvalue weighted by Gasteiger charge is 2.16. The second-order valence-electron chi connectivity index (χ2n) is 4.30. The average molecular weight is 326 g/mol. The van der Waals surface area contributed by atoms with Gasteiger partial charge in [0, 0.05) is 11.0 Å². The molecular weight excluding hydrogens is 310 g/mol. The Morgan fingerprint density at radius 1 is 1.39 bits per heavy atom. The molecule has 0 amide bonds. The minimum atomic E-state index is 0.0300. The molecule has 2 aromatic rings. The molecule has 0 radical (unpaired) electrons. The highest BCUT2D eigenvalue weighted by molar-refractivity contribution is 9.10. The lowest BCUT2D eigenvalue weighted by Gasteiger charge is -2.26. The molecule has 18 heavy (non-hydrogen) atoms. The smallest absolute Gasteiger partial charge is 0.0628 e. The van der Waals surface area contributed by atoms with Crippen LogP contribution >= 0.6 is 27.3 Å². The third-order valence-electron chi connectivity index (χ3n) is 2.95. The number of hydrogen-bond acceptors (Lipinski definition) is 3. The number of nitrogens with zero attached hydrogens (tertiary/aromatic N) is 1. The standard InChI is InChI=1S/C14H16BrNOS/c1-16(8-11-5-6-18-10-11)14(9-17)12-3-2-4-13(15)7-12/h2-7,10,14,17H,8-9H2,1H3. The van der Waals surface area contributed by atoms with E-state index in [1.165, 1.54) is 5.56 Å². The molecule has 2 rings (SSSR count). The number of thiophene rings is 1. The zero-order valence-electron chi connectivity index (χ0n) is 10.2. The summed E-state index contributed by atoms with van der Waals surface area (Å²) in [4.78, 5) is 2.17. The molecule has 1 aromatic heterocycles. The van der Waals surface area contributed by atoms with Crippen LogP contribution in [-0.2, 0) is 6.54 Å². The van der Waals surface area contributed by atoms with Gasteiger partial charge in [-0.3, -0.25) is 4.90 Å². The molecule has 96 valence electrons. The Kier molecular flexibility index (Phi) is 4.95. The lowest BCUT2D eigenvalue weighted by molar-refractivity contribution is 0.142. The summed E-state index contributed by atoms with van der Waals surface area (Å²) in [5, 5.41) is 13.8. The maximum atomic E-state index is 9.62. The van der Waals surface area contributed by atoms with Gasteiger partial charge in [-0.15, -0.1) is 0 Å². The Balaban J connectivity index is 2.12. The summed E-state index contributed by atoms with van der Waals surface area (Å²) in [5.74, 6) is 0. The van der Waals surface area contributed by atoms with E-state index in [9.17, 15) is 5.11 Å². The van der Waals surface area contributed by atoms with Crippen LogP contribution in [0.2, 0.25) is 0 Å². The third-order valence-corrected chi connectivity index (χ3v) is 4.18. The first-order chi connectivity index (χ1) is 8.70. The van der Waals surface area contributed by atoms with Crippen molar-refractivity contribution in [3.63, 3.8) is 0 Å². The fourth-order valence-corrected chi connectivity index (χ4v) is 3.07. The van der Waals surface area contributed by atoms with Crippen molar-refractivity contribution in [2.75, 3.05) is 13.7 Å². The summed E-state index contributed by atoms with van der Waals surface area (Å²) in [6.45, 7) is 0.971. The highest BCUT2D eigenvalue weighted by Crippen LogP contribution is 2.24. The summed E-state index contributed by atoms with van der Waals surface area (Å²) < 4.78 is 1.04. The molecule has 0 saturated carbocycles. The van der Waals surface area contributed by atoms with Gasteiger partial charge in [0.25, 0.3) is 0 Å². The Labute approximate surface area is 120 Å². The maximum absolute atomic E-state index is 9.62. The fraction of sp³-hybridized carbons (Fsp3) is 0.286. The Bertz CT molecular complexity index is 486. The maximum Gasteiger partial charge on any atom is 0.0628 e. The number of aliphatic hydroxyl groups excluding tert-OH is 1. The van der Waals surface area contributed by atoms with E-state index in [2.05, 4.69) is 49.8 Å². The van der Waals surface area contributed by atoms with Gasteiger partial charge in [0.2, 0.25) is 0 Å². The van der Waals surface area contributed by atoms with E-state index in [1.807, 2.05) is 19.2 Å². The van der Waals surface area contributed by atoms with Crippen LogP contribution in [0.3, 0.4) is 0 Å². The Morgan fingerprint density at radius 3 is 2.83 bits per heavy atom. The van der Waals surface area contributed by atoms with Crippen molar-refractivity contribution in [2.45, 2.75) is 12.6 Å². The number of halogens is 1. The van der Waals surface area contributed by atoms with E-state index in [-0.39, 0.29) is 12.6 Å². The fourth-order valence-electron chi connectivity index (χ4n) is 1.99. The van der Waals surface area contributed by atoms with Crippen LogP contribution in [0.1, 0.15) is 17.2 Å². The van der Waals surface area contributed by atoms with Crippen LogP contribution in [-0.4, -0.2) is 23.7 Å². The van der Waals surface area contributed by atoms with Crippen molar-refractivity contribution in [1.82, 2.24) is 4.90 Å². The van der Waals surface area contributed by atoms with Crippen LogP contribution in [0.25, 0.3) is 0 Å². The molecule has 0 bridgehead atoms. The van der Waals surface area contributed by atoms with E-state index in [0.29, 0.717) is 0 Å². The second kappa shape index (κ2) is 6.48. The summed E-state index contributed by atoms with van der Waals surface area (Å²) in [7, 11) is 2.04. The lowest BCUT2D eigenvalue weighted by atomic mass is 10.1. The van der Waals surface area contributed by atoms with Crippen LogP contribution in [0, 0.1) is 0 Å². The molecule has 1 atom stereocenters. The van der Waals surface area contributed by atoms with Crippen molar-refractivity contribution >= 4 is 27.3 Å². The number of rotatable bonds is 5. The van der Waals surface area contributed by atoms with Crippen LogP contribution in [0.4, 0.5) is 0 Å². The molecule has 0 saturated heterocycles. The van der Waals surface area contributed by atoms with Crippen LogP contribution in [0.5, 0.6) is 0 Å². The Hall–Kier alpha value is -0.680. The van der Waals surface area contributed by atoms with E-state index in [0.717, 1.165) is 16.6 Å². The van der Waals surface area contributed by atoms with Crippen molar-refractivity contribution in [3.05, 3.63) is 56.7 Å². The first-order valence-corrected chi connectivity index (χ1v) is 7.52. The zero-order valence-corrected chi connectivity index (χ0v) is 12.6. The second-order valence-corrected chi connectivity index (χ2v) is 6.00. The van der Waals surface area contributed by atoms with Crippen molar-refractivity contribution in [1.29, 1.82) is 0 Å². The van der Waals surface area contributed by atoms with Crippen molar-refractivity contribution in [3.8, 4) is 0 Å². The largest absolute Gasteiger partial charge is 0.394 e.